The Hall–Kier alpha value is -1.68. The van der Waals surface area contributed by atoms with E-state index in [2.05, 4.69) is 4.98 Å². The van der Waals surface area contributed by atoms with Gasteiger partial charge in [-0.3, -0.25) is 4.57 Å². The van der Waals surface area contributed by atoms with Crippen LogP contribution in [-0.4, -0.2) is 23.8 Å². The first-order chi connectivity index (χ1) is 8.17. The Morgan fingerprint density at radius 2 is 1.88 bits per heavy atom. The van der Waals surface area contributed by atoms with Crippen molar-refractivity contribution in [3.63, 3.8) is 0 Å². The topological polar surface area (TPSA) is 36.3 Å². The SMILES string of the molecule is COc1cc(OC)c(-n2cncc2C)cc1Cl. The van der Waals surface area contributed by atoms with Crippen LogP contribution >= 0.6 is 11.6 Å². The Kier molecular flexibility index (Phi) is 3.24. The van der Waals surface area contributed by atoms with Gasteiger partial charge in [-0.05, 0) is 13.0 Å². The Morgan fingerprint density at radius 3 is 2.41 bits per heavy atom. The highest BCUT2D eigenvalue weighted by molar-refractivity contribution is 6.32. The molecule has 0 atom stereocenters. The number of hydrogen-bond acceptors (Lipinski definition) is 3. The number of halogens is 1. The highest BCUT2D eigenvalue weighted by Gasteiger charge is 2.12. The third kappa shape index (κ3) is 2.08. The van der Waals surface area contributed by atoms with Gasteiger partial charge in [0.25, 0.3) is 0 Å². The third-order valence-corrected chi connectivity index (χ3v) is 2.83. The monoisotopic (exact) mass is 252 g/mol. The van der Waals surface area contributed by atoms with Gasteiger partial charge in [0.1, 0.15) is 11.5 Å². The van der Waals surface area contributed by atoms with Gasteiger partial charge < -0.3 is 9.47 Å². The highest BCUT2D eigenvalue weighted by atomic mass is 35.5. The molecule has 5 heteroatoms. The van der Waals surface area contributed by atoms with Crippen LogP contribution in [0, 0.1) is 6.92 Å². The number of methoxy groups -OCH3 is 2. The molecule has 0 spiro atoms. The van der Waals surface area contributed by atoms with E-state index in [1.165, 1.54) is 0 Å². The predicted molar refractivity (Wildman–Crippen MR) is 66.4 cm³/mol. The van der Waals surface area contributed by atoms with Crippen molar-refractivity contribution in [1.82, 2.24) is 9.55 Å². The van der Waals surface area contributed by atoms with Gasteiger partial charge in [0, 0.05) is 18.0 Å². The molecule has 4 nitrogen and oxygen atoms in total. The summed E-state index contributed by atoms with van der Waals surface area (Å²) in [5, 5.41) is 0.538. The van der Waals surface area contributed by atoms with Gasteiger partial charge >= 0.3 is 0 Å². The first-order valence-corrected chi connectivity index (χ1v) is 5.46. The van der Waals surface area contributed by atoms with E-state index in [4.69, 9.17) is 21.1 Å². The van der Waals surface area contributed by atoms with E-state index < -0.39 is 0 Å². The van der Waals surface area contributed by atoms with Crippen LogP contribution in [0.5, 0.6) is 11.5 Å². The Morgan fingerprint density at radius 1 is 1.18 bits per heavy atom. The number of ether oxygens (including phenoxy) is 2. The minimum Gasteiger partial charge on any atom is -0.495 e. The zero-order valence-corrected chi connectivity index (χ0v) is 10.7. The van der Waals surface area contributed by atoms with Gasteiger partial charge in [0.2, 0.25) is 0 Å². The molecule has 0 aliphatic heterocycles. The van der Waals surface area contributed by atoms with Crippen molar-refractivity contribution in [2.24, 2.45) is 0 Å². The van der Waals surface area contributed by atoms with Crippen molar-refractivity contribution in [1.29, 1.82) is 0 Å². The van der Waals surface area contributed by atoms with Crippen LogP contribution in [0.1, 0.15) is 5.69 Å². The van der Waals surface area contributed by atoms with E-state index >= 15 is 0 Å². The maximum absolute atomic E-state index is 6.11. The Balaban J connectivity index is 2.61. The predicted octanol–water partition coefficient (Wildman–Crippen LogP) is 2.85. The van der Waals surface area contributed by atoms with Crippen LogP contribution in [0.15, 0.2) is 24.7 Å². The van der Waals surface area contributed by atoms with Crippen LogP contribution in [0.3, 0.4) is 0 Å². The molecule has 90 valence electrons. The van der Waals surface area contributed by atoms with E-state index in [1.807, 2.05) is 11.5 Å². The molecule has 0 radical (unpaired) electrons. The summed E-state index contributed by atoms with van der Waals surface area (Å²) in [6, 6.07) is 3.56. The molecule has 1 aromatic carbocycles. The van der Waals surface area contributed by atoms with E-state index in [-0.39, 0.29) is 0 Å². The fourth-order valence-electron chi connectivity index (χ4n) is 1.65. The number of imidazole rings is 1. The molecule has 0 bridgehead atoms. The lowest BCUT2D eigenvalue weighted by molar-refractivity contribution is 0.393. The van der Waals surface area contributed by atoms with Gasteiger partial charge in [-0.15, -0.1) is 0 Å². The normalized spacial score (nSPS) is 10.4. The molecular weight excluding hydrogens is 240 g/mol. The standard InChI is InChI=1S/C12H13ClN2O2/c1-8-6-14-7-15(8)10-4-9(13)11(16-2)5-12(10)17-3/h4-7H,1-3H3. The Labute approximate surface area is 105 Å². The second kappa shape index (κ2) is 4.67. The maximum Gasteiger partial charge on any atom is 0.146 e. The molecule has 1 aromatic heterocycles. The number of rotatable bonds is 3. The average molecular weight is 253 g/mol. The molecule has 0 amide bonds. The van der Waals surface area contributed by atoms with Crippen LogP contribution in [0.2, 0.25) is 5.02 Å². The molecule has 0 aliphatic rings. The number of aromatic nitrogens is 2. The molecule has 0 saturated heterocycles. The molecule has 0 aliphatic carbocycles. The number of benzene rings is 1. The zero-order valence-electron chi connectivity index (χ0n) is 9.90. The average Bonchev–Trinajstić information content (AvgIpc) is 2.75. The van der Waals surface area contributed by atoms with Gasteiger partial charge in [-0.25, -0.2) is 4.98 Å². The summed E-state index contributed by atoms with van der Waals surface area (Å²) in [4.78, 5) is 4.08. The molecule has 0 fully saturated rings. The van der Waals surface area contributed by atoms with Crippen LogP contribution in [0.4, 0.5) is 0 Å². The Bertz CT molecular complexity index is 537. The first-order valence-electron chi connectivity index (χ1n) is 5.08. The third-order valence-electron chi connectivity index (χ3n) is 2.54. The second-order valence-electron chi connectivity index (χ2n) is 3.56. The molecule has 1 heterocycles. The zero-order chi connectivity index (χ0) is 12.4. The maximum atomic E-state index is 6.11. The smallest absolute Gasteiger partial charge is 0.146 e. The van der Waals surface area contributed by atoms with Gasteiger partial charge in [-0.2, -0.15) is 0 Å². The van der Waals surface area contributed by atoms with Crippen molar-refractivity contribution in [2.45, 2.75) is 6.92 Å². The van der Waals surface area contributed by atoms with E-state index in [9.17, 15) is 0 Å². The van der Waals surface area contributed by atoms with E-state index in [1.54, 1.807) is 38.9 Å². The highest BCUT2D eigenvalue weighted by Crippen LogP contribution is 2.35. The van der Waals surface area contributed by atoms with Crippen LogP contribution < -0.4 is 9.47 Å². The molecule has 2 rings (SSSR count). The molecule has 0 N–H and O–H groups in total. The molecule has 0 unspecified atom stereocenters. The lowest BCUT2D eigenvalue weighted by Gasteiger charge is -2.13. The molecule has 0 saturated carbocycles. The molecule has 17 heavy (non-hydrogen) atoms. The fraction of sp³-hybridized carbons (Fsp3) is 0.250. The summed E-state index contributed by atoms with van der Waals surface area (Å²) in [5.74, 6) is 1.28. The molecular formula is C12H13ClN2O2. The minimum absolute atomic E-state index is 0.538. The lowest BCUT2D eigenvalue weighted by atomic mass is 10.2. The van der Waals surface area contributed by atoms with Gasteiger partial charge in [0.05, 0.1) is 31.3 Å². The fourth-order valence-corrected chi connectivity index (χ4v) is 1.88. The van der Waals surface area contributed by atoms with Crippen molar-refractivity contribution in [3.05, 3.63) is 35.4 Å². The van der Waals surface area contributed by atoms with Crippen molar-refractivity contribution < 1.29 is 9.47 Å². The van der Waals surface area contributed by atoms with Crippen molar-refractivity contribution >= 4 is 11.6 Å². The summed E-state index contributed by atoms with van der Waals surface area (Å²) >= 11 is 6.11. The summed E-state index contributed by atoms with van der Waals surface area (Å²) < 4.78 is 12.4. The quantitative estimate of drug-likeness (QED) is 0.843. The van der Waals surface area contributed by atoms with E-state index in [0.29, 0.717) is 16.5 Å². The summed E-state index contributed by atoms with van der Waals surface area (Å²) in [6.45, 7) is 1.96. The van der Waals surface area contributed by atoms with Crippen molar-refractivity contribution in [3.8, 4) is 17.2 Å². The largest absolute Gasteiger partial charge is 0.495 e. The molecule has 2 aromatic rings. The number of hydrogen-bond donors (Lipinski definition) is 0. The van der Waals surface area contributed by atoms with E-state index in [0.717, 1.165) is 11.4 Å². The minimum atomic E-state index is 0.538. The summed E-state index contributed by atoms with van der Waals surface area (Å²) in [6.07, 6.45) is 3.49. The summed E-state index contributed by atoms with van der Waals surface area (Å²) in [5.41, 5.74) is 1.85. The van der Waals surface area contributed by atoms with Gasteiger partial charge in [-0.1, -0.05) is 11.6 Å². The second-order valence-corrected chi connectivity index (χ2v) is 3.97. The first kappa shape index (κ1) is 11.8. The van der Waals surface area contributed by atoms with Gasteiger partial charge in [0.15, 0.2) is 0 Å². The lowest BCUT2D eigenvalue weighted by Crippen LogP contribution is -1.99. The number of nitrogens with zero attached hydrogens (tertiary/aromatic N) is 2. The van der Waals surface area contributed by atoms with Crippen molar-refractivity contribution in [2.75, 3.05) is 14.2 Å². The summed E-state index contributed by atoms with van der Waals surface area (Å²) in [7, 11) is 3.18. The van der Waals surface area contributed by atoms with Crippen LogP contribution in [-0.2, 0) is 0 Å². The number of aryl methyl sites for hydroxylation is 1. The van der Waals surface area contributed by atoms with Crippen LogP contribution in [0.25, 0.3) is 5.69 Å².